The van der Waals surface area contributed by atoms with Crippen LogP contribution in [0, 0.1) is 6.92 Å². The zero-order valence-electron chi connectivity index (χ0n) is 14.5. The molecular formula is C19H22N4O2. The highest BCUT2D eigenvalue weighted by Crippen LogP contribution is 2.23. The van der Waals surface area contributed by atoms with Gasteiger partial charge in [0.05, 0.1) is 24.5 Å². The molecule has 0 aliphatic heterocycles. The Morgan fingerprint density at radius 3 is 2.92 bits per heavy atom. The fourth-order valence-electron chi connectivity index (χ4n) is 2.79. The van der Waals surface area contributed by atoms with Gasteiger partial charge in [0.2, 0.25) is 0 Å². The molecule has 3 rings (SSSR count). The molecule has 0 radical (unpaired) electrons. The molecule has 0 saturated heterocycles. The molecule has 6 nitrogen and oxygen atoms in total. The first-order chi connectivity index (χ1) is 12.2. The van der Waals surface area contributed by atoms with Gasteiger partial charge in [0.25, 0.3) is 5.91 Å². The van der Waals surface area contributed by atoms with Crippen LogP contribution in [0.2, 0.25) is 0 Å². The van der Waals surface area contributed by atoms with Gasteiger partial charge in [-0.05, 0) is 44.0 Å². The zero-order chi connectivity index (χ0) is 17.6. The molecule has 0 aliphatic carbocycles. The maximum Gasteiger partial charge on any atom is 0.252 e. The van der Waals surface area contributed by atoms with Crippen LogP contribution in [0.1, 0.15) is 28.9 Å². The highest BCUT2D eigenvalue weighted by molar-refractivity contribution is 6.06. The molecule has 1 aromatic carbocycles. The summed E-state index contributed by atoms with van der Waals surface area (Å²) in [4.78, 5) is 21.1. The van der Waals surface area contributed by atoms with Gasteiger partial charge in [-0.25, -0.2) is 4.98 Å². The number of methoxy groups -OCH3 is 1. The third-order valence-corrected chi connectivity index (χ3v) is 4.08. The van der Waals surface area contributed by atoms with E-state index in [1.807, 2.05) is 42.0 Å². The third kappa shape index (κ3) is 4.15. The Morgan fingerprint density at radius 2 is 2.16 bits per heavy atom. The number of imidazole rings is 1. The summed E-state index contributed by atoms with van der Waals surface area (Å²) < 4.78 is 7.30. The Hall–Kier alpha value is -2.89. The normalized spacial score (nSPS) is 10.8. The lowest BCUT2D eigenvalue weighted by Gasteiger charge is -2.10. The summed E-state index contributed by atoms with van der Waals surface area (Å²) in [5, 5.41) is 3.81. The molecule has 0 atom stereocenters. The second-order valence-electron chi connectivity index (χ2n) is 5.96. The van der Waals surface area contributed by atoms with Crippen LogP contribution in [-0.2, 0) is 6.54 Å². The molecule has 6 heteroatoms. The Morgan fingerprint density at radius 1 is 1.28 bits per heavy atom. The summed E-state index contributed by atoms with van der Waals surface area (Å²) in [5.41, 5.74) is 2.25. The van der Waals surface area contributed by atoms with Crippen molar-refractivity contribution in [2.24, 2.45) is 0 Å². The molecule has 130 valence electrons. The van der Waals surface area contributed by atoms with Gasteiger partial charge in [0, 0.05) is 36.6 Å². The molecule has 25 heavy (non-hydrogen) atoms. The van der Waals surface area contributed by atoms with Crippen molar-refractivity contribution in [3.63, 3.8) is 0 Å². The minimum atomic E-state index is -0.0774. The molecule has 0 fully saturated rings. The van der Waals surface area contributed by atoms with E-state index in [0.29, 0.717) is 17.9 Å². The van der Waals surface area contributed by atoms with Crippen molar-refractivity contribution in [2.45, 2.75) is 26.3 Å². The number of ether oxygens (including phenoxy) is 1. The standard InChI is InChI=1S/C19H22N4O2/c1-14-11-17(16-12-15(25-2)5-6-18(16)22-14)19(24)21-7-3-4-9-23-10-8-20-13-23/h5-6,8,10-13H,3-4,7,9H2,1-2H3,(H,21,24). The van der Waals surface area contributed by atoms with Gasteiger partial charge in [-0.3, -0.25) is 9.78 Å². The molecule has 0 aliphatic rings. The van der Waals surface area contributed by atoms with E-state index in [1.54, 1.807) is 19.6 Å². The molecule has 1 amide bonds. The lowest BCUT2D eigenvalue weighted by atomic mass is 10.1. The van der Waals surface area contributed by atoms with E-state index in [0.717, 1.165) is 36.0 Å². The second kappa shape index (κ2) is 7.79. The molecule has 3 aromatic rings. The van der Waals surface area contributed by atoms with Gasteiger partial charge in [-0.15, -0.1) is 0 Å². The van der Waals surface area contributed by atoms with Crippen LogP contribution in [0.15, 0.2) is 43.0 Å². The average molecular weight is 338 g/mol. The van der Waals surface area contributed by atoms with E-state index in [-0.39, 0.29) is 5.91 Å². The van der Waals surface area contributed by atoms with Crippen LogP contribution in [0.5, 0.6) is 5.75 Å². The Labute approximate surface area is 146 Å². The van der Waals surface area contributed by atoms with Crippen LogP contribution in [0.3, 0.4) is 0 Å². The zero-order valence-corrected chi connectivity index (χ0v) is 14.5. The number of unbranched alkanes of at least 4 members (excludes halogenated alkanes) is 1. The summed E-state index contributed by atoms with van der Waals surface area (Å²) in [5.74, 6) is 0.638. The highest BCUT2D eigenvalue weighted by Gasteiger charge is 2.12. The molecule has 1 N–H and O–H groups in total. The molecule has 0 saturated carbocycles. The summed E-state index contributed by atoms with van der Waals surface area (Å²) in [6.45, 7) is 3.44. The molecule has 0 spiro atoms. The number of aromatic nitrogens is 3. The number of hydrogen-bond donors (Lipinski definition) is 1. The average Bonchev–Trinajstić information content (AvgIpc) is 3.13. The van der Waals surface area contributed by atoms with E-state index >= 15 is 0 Å². The van der Waals surface area contributed by atoms with Crippen molar-refractivity contribution in [3.8, 4) is 5.75 Å². The quantitative estimate of drug-likeness (QED) is 0.673. The van der Waals surface area contributed by atoms with Crippen molar-refractivity contribution in [1.82, 2.24) is 19.9 Å². The lowest BCUT2D eigenvalue weighted by molar-refractivity contribution is 0.0954. The van der Waals surface area contributed by atoms with E-state index < -0.39 is 0 Å². The van der Waals surface area contributed by atoms with E-state index in [4.69, 9.17) is 4.74 Å². The predicted octanol–water partition coefficient (Wildman–Crippen LogP) is 2.96. The fourth-order valence-corrected chi connectivity index (χ4v) is 2.79. The first-order valence-electron chi connectivity index (χ1n) is 8.37. The van der Waals surface area contributed by atoms with E-state index in [1.165, 1.54) is 0 Å². The van der Waals surface area contributed by atoms with Crippen LogP contribution in [-0.4, -0.2) is 34.1 Å². The lowest BCUT2D eigenvalue weighted by Crippen LogP contribution is -2.25. The Bertz CT molecular complexity index is 859. The van der Waals surface area contributed by atoms with Gasteiger partial charge < -0.3 is 14.6 Å². The van der Waals surface area contributed by atoms with Crippen LogP contribution >= 0.6 is 0 Å². The fraction of sp³-hybridized carbons (Fsp3) is 0.316. The van der Waals surface area contributed by atoms with Gasteiger partial charge in [0.1, 0.15) is 5.75 Å². The third-order valence-electron chi connectivity index (χ3n) is 4.08. The molecular weight excluding hydrogens is 316 g/mol. The summed E-state index contributed by atoms with van der Waals surface area (Å²) in [6, 6.07) is 7.41. The molecule has 2 aromatic heterocycles. The number of carbonyl (C=O) groups is 1. The summed E-state index contributed by atoms with van der Waals surface area (Å²) in [6.07, 6.45) is 7.42. The summed E-state index contributed by atoms with van der Waals surface area (Å²) in [7, 11) is 1.61. The predicted molar refractivity (Wildman–Crippen MR) is 96.8 cm³/mol. The van der Waals surface area contributed by atoms with Gasteiger partial charge in [-0.1, -0.05) is 0 Å². The maximum absolute atomic E-state index is 12.6. The highest BCUT2D eigenvalue weighted by atomic mass is 16.5. The number of carbonyl (C=O) groups excluding carboxylic acids is 1. The Balaban J connectivity index is 1.64. The first-order valence-corrected chi connectivity index (χ1v) is 8.37. The summed E-state index contributed by atoms with van der Waals surface area (Å²) >= 11 is 0. The number of nitrogens with one attached hydrogen (secondary N) is 1. The van der Waals surface area contributed by atoms with Gasteiger partial charge in [-0.2, -0.15) is 0 Å². The van der Waals surface area contributed by atoms with E-state index in [2.05, 4.69) is 15.3 Å². The number of amides is 1. The number of hydrogen-bond acceptors (Lipinski definition) is 4. The number of nitrogens with zero attached hydrogens (tertiary/aromatic N) is 3. The van der Waals surface area contributed by atoms with Crippen LogP contribution < -0.4 is 10.1 Å². The Kier molecular flexibility index (Phi) is 5.28. The van der Waals surface area contributed by atoms with E-state index in [9.17, 15) is 4.79 Å². The smallest absolute Gasteiger partial charge is 0.252 e. The minimum absolute atomic E-state index is 0.0774. The second-order valence-corrected chi connectivity index (χ2v) is 5.96. The van der Waals surface area contributed by atoms with Crippen LogP contribution in [0.25, 0.3) is 10.9 Å². The van der Waals surface area contributed by atoms with Crippen molar-refractivity contribution in [1.29, 1.82) is 0 Å². The number of benzene rings is 1. The largest absolute Gasteiger partial charge is 0.497 e. The van der Waals surface area contributed by atoms with Gasteiger partial charge in [0.15, 0.2) is 0 Å². The number of aryl methyl sites for hydroxylation is 2. The molecule has 0 unspecified atom stereocenters. The van der Waals surface area contributed by atoms with Gasteiger partial charge >= 0.3 is 0 Å². The topological polar surface area (TPSA) is 69.0 Å². The first kappa shape index (κ1) is 17.0. The maximum atomic E-state index is 12.6. The number of fused-ring (bicyclic) bond motifs is 1. The SMILES string of the molecule is COc1ccc2nc(C)cc(C(=O)NCCCCn3ccnc3)c2c1. The van der Waals surface area contributed by atoms with Crippen molar-refractivity contribution in [3.05, 3.63) is 54.2 Å². The number of pyridine rings is 1. The van der Waals surface area contributed by atoms with Crippen LogP contribution in [0.4, 0.5) is 0 Å². The number of rotatable bonds is 7. The van der Waals surface area contributed by atoms with Crippen molar-refractivity contribution >= 4 is 16.8 Å². The minimum Gasteiger partial charge on any atom is -0.497 e. The molecule has 2 heterocycles. The van der Waals surface area contributed by atoms with Crippen molar-refractivity contribution in [2.75, 3.05) is 13.7 Å². The monoisotopic (exact) mass is 338 g/mol. The van der Waals surface area contributed by atoms with Crippen molar-refractivity contribution < 1.29 is 9.53 Å². The molecule has 0 bridgehead atoms.